The maximum absolute atomic E-state index is 9.05. The van der Waals surface area contributed by atoms with Crippen molar-refractivity contribution in [1.29, 1.82) is 5.26 Å². The smallest absolute Gasteiger partial charge is 0.101 e. The number of benzene rings is 1. The second kappa shape index (κ2) is 7.31. The van der Waals surface area contributed by atoms with Gasteiger partial charge in [-0.15, -0.1) is 0 Å². The van der Waals surface area contributed by atoms with Crippen LogP contribution in [0.3, 0.4) is 0 Å². The number of piperidine rings is 1. The zero-order valence-corrected chi connectivity index (χ0v) is 12.6. The van der Waals surface area contributed by atoms with E-state index in [4.69, 9.17) is 5.26 Å². The summed E-state index contributed by atoms with van der Waals surface area (Å²) < 4.78 is 0. The molecule has 3 nitrogen and oxygen atoms in total. The first kappa shape index (κ1) is 14.9. The molecule has 0 radical (unpaired) electrons. The van der Waals surface area contributed by atoms with Crippen LogP contribution < -0.4 is 5.32 Å². The van der Waals surface area contributed by atoms with Gasteiger partial charge in [-0.05, 0) is 45.2 Å². The highest BCUT2D eigenvalue weighted by Gasteiger charge is 2.23. The van der Waals surface area contributed by atoms with Crippen LogP contribution in [0.1, 0.15) is 45.1 Å². The highest BCUT2D eigenvalue weighted by atomic mass is 15.2. The highest BCUT2D eigenvalue weighted by molar-refractivity contribution is 5.56. The summed E-state index contributed by atoms with van der Waals surface area (Å²) in [7, 11) is 0. The van der Waals surface area contributed by atoms with Crippen molar-refractivity contribution in [2.24, 2.45) is 0 Å². The molecule has 0 spiro atoms. The average molecular weight is 271 g/mol. The predicted molar refractivity (Wildman–Crippen MR) is 83.7 cm³/mol. The van der Waals surface area contributed by atoms with E-state index >= 15 is 0 Å². The number of nitriles is 1. The van der Waals surface area contributed by atoms with Gasteiger partial charge in [-0.25, -0.2) is 0 Å². The maximum Gasteiger partial charge on any atom is 0.101 e. The Balaban J connectivity index is 1.77. The van der Waals surface area contributed by atoms with Gasteiger partial charge in [0.05, 0.1) is 11.3 Å². The maximum atomic E-state index is 9.05. The Morgan fingerprint density at radius 3 is 2.65 bits per heavy atom. The molecule has 0 bridgehead atoms. The SMILES string of the molecule is CC1CCCC(C)N1CCCNc1ccccc1C#N. The average Bonchev–Trinajstić information content (AvgIpc) is 2.46. The lowest BCUT2D eigenvalue weighted by Gasteiger charge is -2.39. The van der Waals surface area contributed by atoms with E-state index in [9.17, 15) is 0 Å². The van der Waals surface area contributed by atoms with Crippen molar-refractivity contribution < 1.29 is 0 Å². The molecule has 1 N–H and O–H groups in total. The minimum Gasteiger partial charge on any atom is -0.384 e. The summed E-state index contributed by atoms with van der Waals surface area (Å²) in [6.07, 6.45) is 5.14. The zero-order chi connectivity index (χ0) is 14.4. The van der Waals surface area contributed by atoms with Crippen LogP contribution in [-0.2, 0) is 0 Å². The van der Waals surface area contributed by atoms with Crippen LogP contribution in [0.15, 0.2) is 24.3 Å². The standard InChI is InChI=1S/C17H25N3/c1-14-7-5-8-15(2)20(14)12-6-11-19-17-10-4-3-9-16(17)13-18/h3-4,9-10,14-15,19H,5-8,11-12H2,1-2H3. The van der Waals surface area contributed by atoms with E-state index in [-0.39, 0.29) is 0 Å². The van der Waals surface area contributed by atoms with Gasteiger partial charge in [0.2, 0.25) is 0 Å². The molecule has 3 heteroatoms. The number of anilines is 1. The van der Waals surface area contributed by atoms with Gasteiger partial charge < -0.3 is 5.32 Å². The molecule has 2 unspecified atom stereocenters. The van der Waals surface area contributed by atoms with E-state index in [0.29, 0.717) is 12.1 Å². The number of likely N-dealkylation sites (tertiary alicyclic amines) is 1. The van der Waals surface area contributed by atoms with Gasteiger partial charge in [0.25, 0.3) is 0 Å². The summed E-state index contributed by atoms with van der Waals surface area (Å²) >= 11 is 0. The van der Waals surface area contributed by atoms with E-state index in [2.05, 4.69) is 30.1 Å². The van der Waals surface area contributed by atoms with Crippen molar-refractivity contribution >= 4 is 5.69 Å². The first-order chi connectivity index (χ1) is 9.72. The fourth-order valence-corrected chi connectivity index (χ4v) is 3.13. The van der Waals surface area contributed by atoms with Gasteiger partial charge in [0.1, 0.15) is 6.07 Å². The van der Waals surface area contributed by atoms with Crippen LogP contribution in [0, 0.1) is 11.3 Å². The molecule has 1 aromatic rings. The molecule has 2 atom stereocenters. The molecular weight excluding hydrogens is 246 g/mol. The number of para-hydroxylation sites is 1. The summed E-state index contributed by atoms with van der Waals surface area (Å²) in [6, 6.07) is 11.4. The van der Waals surface area contributed by atoms with E-state index < -0.39 is 0 Å². The fraction of sp³-hybridized carbons (Fsp3) is 0.588. The molecule has 1 aliphatic heterocycles. The predicted octanol–water partition coefficient (Wildman–Crippen LogP) is 3.62. The van der Waals surface area contributed by atoms with Crippen LogP contribution in [0.25, 0.3) is 0 Å². The monoisotopic (exact) mass is 271 g/mol. The fourth-order valence-electron chi connectivity index (χ4n) is 3.13. The summed E-state index contributed by atoms with van der Waals surface area (Å²) in [5, 5.41) is 12.4. The molecule has 1 aromatic carbocycles. The lowest BCUT2D eigenvalue weighted by Crippen LogP contribution is -2.44. The second-order valence-electron chi connectivity index (χ2n) is 5.80. The topological polar surface area (TPSA) is 39.1 Å². The van der Waals surface area contributed by atoms with E-state index in [0.717, 1.165) is 30.8 Å². The molecule has 108 valence electrons. The Labute approximate surface area is 122 Å². The molecule has 2 rings (SSSR count). The van der Waals surface area contributed by atoms with Gasteiger partial charge >= 0.3 is 0 Å². The summed E-state index contributed by atoms with van der Waals surface area (Å²) in [5.41, 5.74) is 1.68. The molecule has 0 amide bonds. The number of hydrogen-bond acceptors (Lipinski definition) is 3. The lowest BCUT2D eigenvalue weighted by atomic mass is 9.97. The van der Waals surface area contributed by atoms with Crippen molar-refractivity contribution in [3.63, 3.8) is 0 Å². The van der Waals surface area contributed by atoms with Crippen LogP contribution >= 0.6 is 0 Å². The Morgan fingerprint density at radius 1 is 1.25 bits per heavy atom. The third-order valence-corrected chi connectivity index (χ3v) is 4.33. The van der Waals surface area contributed by atoms with Crippen molar-refractivity contribution in [3.8, 4) is 6.07 Å². The Bertz CT molecular complexity index is 454. The Hall–Kier alpha value is -1.53. The van der Waals surface area contributed by atoms with E-state index in [1.54, 1.807) is 0 Å². The van der Waals surface area contributed by atoms with E-state index in [1.807, 2.05) is 24.3 Å². The Morgan fingerprint density at radius 2 is 1.95 bits per heavy atom. The van der Waals surface area contributed by atoms with Crippen LogP contribution in [0.4, 0.5) is 5.69 Å². The molecular formula is C17H25N3. The van der Waals surface area contributed by atoms with Gasteiger partial charge in [-0.1, -0.05) is 18.6 Å². The molecule has 1 fully saturated rings. The molecule has 1 heterocycles. The molecule has 20 heavy (non-hydrogen) atoms. The molecule has 0 aromatic heterocycles. The number of hydrogen-bond donors (Lipinski definition) is 1. The number of rotatable bonds is 5. The number of nitrogens with one attached hydrogen (secondary N) is 1. The van der Waals surface area contributed by atoms with Crippen molar-refractivity contribution in [3.05, 3.63) is 29.8 Å². The first-order valence-electron chi connectivity index (χ1n) is 7.71. The van der Waals surface area contributed by atoms with Crippen molar-refractivity contribution in [2.75, 3.05) is 18.4 Å². The van der Waals surface area contributed by atoms with Crippen molar-refractivity contribution in [2.45, 2.75) is 51.6 Å². The largest absolute Gasteiger partial charge is 0.384 e. The van der Waals surface area contributed by atoms with Crippen LogP contribution in [0.2, 0.25) is 0 Å². The second-order valence-corrected chi connectivity index (χ2v) is 5.80. The van der Waals surface area contributed by atoms with Gasteiger partial charge in [-0.2, -0.15) is 5.26 Å². The Kier molecular flexibility index (Phi) is 5.43. The third kappa shape index (κ3) is 3.74. The van der Waals surface area contributed by atoms with Crippen molar-refractivity contribution in [1.82, 2.24) is 4.90 Å². The number of nitrogens with zero attached hydrogens (tertiary/aromatic N) is 2. The quantitative estimate of drug-likeness (QED) is 0.831. The molecule has 1 saturated heterocycles. The third-order valence-electron chi connectivity index (χ3n) is 4.33. The minimum absolute atomic E-state index is 0.713. The van der Waals surface area contributed by atoms with Gasteiger partial charge in [0, 0.05) is 25.2 Å². The molecule has 1 aliphatic rings. The molecule has 0 saturated carbocycles. The van der Waals surface area contributed by atoms with E-state index in [1.165, 1.54) is 19.3 Å². The lowest BCUT2D eigenvalue weighted by molar-refractivity contribution is 0.103. The van der Waals surface area contributed by atoms with Crippen LogP contribution in [0.5, 0.6) is 0 Å². The van der Waals surface area contributed by atoms with Gasteiger partial charge in [-0.3, -0.25) is 4.90 Å². The van der Waals surface area contributed by atoms with Gasteiger partial charge in [0.15, 0.2) is 0 Å². The zero-order valence-electron chi connectivity index (χ0n) is 12.6. The minimum atomic E-state index is 0.713. The summed E-state index contributed by atoms with van der Waals surface area (Å²) in [4.78, 5) is 2.63. The highest BCUT2D eigenvalue weighted by Crippen LogP contribution is 2.22. The van der Waals surface area contributed by atoms with Crippen LogP contribution in [-0.4, -0.2) is 30.1 Å². The molecule has 0 aliphatic carbocycles. The first-order valence-corrected chi connectivity index (χ1v) is 7.71. The summed E-state index contributed by atoms with van der Waals surface area (Å²) in [6.45, 7) is 6.75. The normalized spacial score (nSPS) is 23.2. The summed E-state index contributed by atoms with van der Waals surface area (Å²) in [5.74, 6) is 0.